The highest BCUT2D eigenvalue weighted by Crippen LogP contribution is 2.22. The van der Waals surface area contributed by atoms with E-state index in [-0.39, 0.29) is 6.61 Å². The van der Waals surface area contributed by atoms with Gasteiger partial charge in [0.15, 0.2) is 0 Å². The molecular weight excluding hydrogens is 242 g/mol. The molecule has 1 rings (SSSR count). The van der Waals surface area contributed by atoms with E-state index in [0.29, 0.717) is 6.04 Å². The minimum atomic E-state index is 0.230. The summed E-state index contributed by atoms with van der Waals surface area (Å²) in [6.07, 6.45) is 0.793. The SMILES string of the molecule is CCNC(CCO)CSc1cccc(Cl)c1. The van der Waals surface area contributed by atoms with Crippen molar-refractivity contribution in [3.63, 3.8) is 0 Å². The number of nitrogens with one attached hydrogen (secondary N) is 1. The van der Waals surface area contributed by atoms with Gasteiger partial charge in [0.1, 0.15) is 0 Å². The third kappa shape index (κ3) is 5.21. The minimum absolute atomic E-state index is 0.230. The molecule has 1 unspecified atom stereocenters. The van der Waals surface area contributed by atoms with E-state index in [1.807, 2.05) is 18.2 Å². The topological polar surface area (TPSA) is 32.3 Å². The van der Waals surface area contributed by atoms with E-state index in [4.69, 9.17) is 16.7 Å². The largest absolute Gasteiger partial charge is 0.396 e. The zero-order valence-electron chi connectivity index (χ0n) is 9.45. The maximum atomic E-state index is 8.93. The predicted octanol–water partition coefficient (Wildman–Crippen LogP) is 2.79. The summed E-state index contributed by atoms with van der Waals surface area (Å²) in [7, 11) is 0. The van der Waals surface area contributed by atoms with Gasteiger partial charge in [-0.05, 0) is 31.2 Å². The Labute approximate surface area is 106 Å². The Hall–Kier alpha value is -0.220. The Morgan fingerprint density at radius 1 is 1.50 bits per heavy atom. The first-order valence-electron chi connectivity index (χ1n) is 5.49. The van der Waals surface area contributed by atoms with Crippen molar-refractivity contribution in [2.75, 3.05) is 18.9 Å². The second-order valence-corrected chi connectivity index (χ2v) is 5.07. The van der Waals surface area contributed by atoms with Gasteiger partial charge in [0.05, 0.1) is 0 Å². The zero-order valence-corrected chi connectivity index (χ0v) is 11.0. The second-order valence-electron chi connectivity index (χ2n) is 3.54. The minimum Gasteiger partial charge on any atom is -0.396 e. The van der Waals surface area contributed by atoms with Crippen molar-refractivity contribution in [3.8, 4) is 0 Å². The first kappa shape index (κ1) is 13.8. The van der Waals surface area contributed by atoms with Crippen molar-refractivity contribution in [2.45, 2.75) is 24.3 Å². The van der Waals surface area contributed by atoms with E-state index in [1.54, 1.807) is 11.8 Å². The van der Waals surface area contributed by atoms with E-state index in [2.05, 4.69) is 18.3 Å². The van der Waals surface area contributed by atoms with Gasteiger partial charge < -0.3 is 10.4 Å². The monoisotopic (exact) mass is 259 g/mol. The molecule has 0 aliphatic heterocycles. The molecule has 0 aliphatic rings. The van der Waals surface area contributed by atoms with Crippen LogP contribution in [0.5, 0.6) is 0 Å². The fourth-order valence-corrected chi connectivity index (χ4v) is 2.76. The van der Waals surface area contributed by atoms with Crippen LogP contribution in [0.4, 0.5) is 0 Å². The first-order chi connectivity index (χ1) is 7.76. The van der Waals surface area contributed by atoms with Crippen molar-refractivity contribution in [1.82, 2.24) is 5.32 Å². The Morgan fingerprint density at radius 2 is 2.31 bits per heavy atom. The predicted molar refractivity (Wildman–Crippen MR) is 71.3 cm³/mol. The fraction of sp³-hybridized carbons (Fsp3) is 0.500. The number of thioether (sulfide) groups is 1. The number of hydrogen-bond acceptors (Lipinski definition) is 3. The molecule has 1 aromatic carbocycles. The molecule has 0 bridgehead atoms. The highest BCUT2D eigenvalue weighted by Gasteiger charge is 2.07. The quantitative estimate of drug-likeness (QED) is 0.739. The number of aliphatic hydroxyl groups is 1. The highest BCUT2D eigenvalue weighted by molar-refractivity contribution is 7.99. The van der Waals surface area contributed by atoms with Crippen LogP contribution in [-0.4, -0.2) is 30.1 Å². The van der Waals surface area contributed by atoms with Gasteiger partial charge in [-0.1, -0.05) is 24.6 Å². The van der Waals surface area contributed by atoms with Crippen LogP contribution in [0.25, 0.3) is 0 Å². The molecule has 0 saturated heterocycles. The standard InChI is InChI=1S/C12H18ClNOS/c1-2-14-11(6-7-15)9-16-12-5-3-4-10(13)8-12/h3-5,8,11,14-15H,2,6-7,9H2,1H3. The summed E-state index contributed by atoms with van der Waals surface area (Å²) in [5, 5.41) is 13.1. The molecule has 2 N–H and O–H groups in total. The molecule has 0 saturated carbocycles. The number of benzene rings is 1. The Morgan fingerprint density at radius 3 is 2.94 bits per heavy atom. The second kappa shape index (κ2) is 7.96. The van der Waals surface area contributed by atoms with Crippen LogP contribution in [-0.2, 0) is 0 Å². The molecule has 0 aromatic heterocycles. The van der Waals surface area contributed by atoms with Crippen molar-refractivity contribution in [2.24, 2.45) is 0 Å². The van der Waals surface area contributed by atoms with E-state index in [0.717, 1.165) is 23.7 Å². The molecule has 0 spiro atoms. The highest BCUT2D eigenvalue weighted by atomic mass is 35.5. The van der Waals surface area contributed by atoms with Gasteiger partial charge in [0, 0.05) is 28.3 Å². The zero-order chi connectivity index (χ0) is 11.8. The summed E-state index contributed by atoms with van der Waals surface area (Å²) in [6, 6.07) is 8.21. The maximum Gasteiger partial charge on any atom is 0.0446 e. The summed E-state index contributed by atoms with van der Waals surface area (Å²) in [4.78, 5) is 1.17. The third-order valence-corrected chi connectivity index (χ3v) is 3.61. The summed E-state index contributed by atoms with van der Waals surface area (Å²) in [5.41, 5.74) is 0. The molecule has 4 heteroatoms. The van der Waals surface area contributed by atoms with Crippen LogP contribution in [0.3, 0.4) is 0 Å². The number of hydrogen-bond donors (Lipinski definition) is 2. The van der Waals surface area contributed by atoms with E-state index >= 15 is 0 Å². The lowest BCUT2D eigenvalue weighted by atomic mass is 10.2. The van der Waals surface area contributed by atoms with Crippen LogP contribution < -0.4 is 5.32 Å². The molecule has 0 aliphatic carbocycles. The molecule has 1 aromatic rings. The smallest absolute Gasteiger partial charge is 0.0446 e. The van der Waals surface area contributed by atoms with Gasteiger partial charge in [-0.25, -0.2) is 0 Å². The van der Waals surface area contributed by atoms with E-state index < -0.39 is 0 Å². The normalized spacial score (nSPS) is 12.7. The van der Waals surface area contributed by atoms with Crippen LogP contribution >= 0.6 is 23.4 Å². The van der Waals surface area contributed by atoms with Crippen molar-refractivity contribution in [1.29, 1.82) is 0 Å². The number of rotatable bonds is 7. The molecule has 0 amide bonds. The van der Waals surface area contributed by atoms with Gasteiger partial charge in [-0.15, -0.1) is 11.8 Å². The van der Waals surface area contributed by atoms with Gasteiger partial charge in [-0.3, -0.25) is 0 Å². The lowest BCUT2D eigenvalue weighted by Crippen LogP contribution is -2.31. The first-order valence-corrected chi connectivity index (χ1v) is 6.85. The molecule has 90 valence electrons. The average Bonchev–Trinajstić information content (AvgIpc) is 2.27. The fourth-order valence-electron chi connectivity index (χ4n) is 1.44. The molecule has 16 heavy (non-hydrogen) atoms. The van der Waals surface area contributed by atoms with Gasteiger partial charge in [-0.2, -0.15) is 0 Å². The summed E-state index contributed by atoms with van der Waals surface area (Å²) < 4.78 is 0. The van der Waals surface area contributed by atoms with Crippen molar-refractivity contribution in [3.05, 3.63) is 29.3 Å². The molecule has 2 nitrogen and oxygen atoms in total. The van der Waals surface area contributed by atoms with Crippen LogP contribution in [0, 0.1) is 0 Å². The molecule has 1 atom stereocenters. The summed E-state index contributed by atoms with van der Waals surface area (Å²) >= 11 is 7.68. The number of aliphatic hydroxyl groups excluding tert-OH is 1. The molecule has 0 radical (unpaired) electrons. The molecule has 0 heterocycles. The lowest BCUT2D eigenvalue weighted by Gasteiger charge is -2.16. The third-order valence-electron chi connectivity index (χ3n) is 2.22. The maximum absolute atomic E-state index is 8.93. The Kier molecular flexibility index (Phi) is 6.88. The lowest BCUT2D eigenvalue weighted by molar-refractivity contribution is 0.271. The van der Waals surface area contributed by atoms with Crippen molar-refractivity contribution >= 4 is 23.4 Å². The summed E-state index contributed by atoms with van der Waals surface area (Å²) in [6.45, 7) is 3.24. The Balaban J connectivity index is 2.41. The molecule has 0 fully saturated rings. The van der Waals surface area contributed by atoms with Gasteiger partial charge >= 0.3 is 0 Å². The van der Waals surface area contributed by atoms with Crippen molar-refractivity contribution < 1.29 is 5.11 Å². The Bertz CT molecular complexity index is 303. The average molecular weight is 260 g/mol. The number of halogens is 1. The summed E-state index contributed by atoms with van der Waals surface area (Å²) in [5.74, 6) is 0.953. The van der Waals surface area contributed by atoms with E-state index in [9.17, 15) is 0 Å². The molecular formula is C12H18ClNOS. The van der Waals surface area contributed by atoms with E-state index in [1.165, 1.54) is 4.90 Å². The van der Waals surface area contributed by atoms with Crippen LogP contribution in [0.1, 0.15) is 13.3 Å². The van der Waals surface area contributed by atoms with Crippen LogP contribution in [0.15, 0.2) is 29.2 Å². The van der Waals surface area contributed by atoms with Crippen LogP contribution in [0.2, 0.25) is 5.02 Å². The van der Waals surface area contributed by atoms with Gasteiger partial charge in [0.2, 0.25) is 0 Å². The van der Waals surface area contributed by atoms with Gasteiger partial charge in [0.25, 0.3) is 0 Å².